The van der Waals surface area contributed by atoms with E-state index in [0.717, 1.165) is 0 Å². The minimum Gasteiger partial charge on any atom is -0.364 e. The number of rotatable bonds is 6. The Morgan fingerprint density at radius 2 is 1.61 bits per heavy atom. The second-order valence-corrected chi connectivity index (χ2v) is 5.10. The van der Waals surface area contributed by atoms with Crippen LogP contribution in [0.1, 0.15) is 26.5 Å². The van der Waals surface area contributed by atoms with Gasteiger partial charge in [-0.15, -0.1) is 40.6 Å². The van der Waals surface area contributed by atoms with Gasteiger partial charge in [0.2, 0.25) is 0 Å². The molecule has 0 fully saturated rings. The van der Waals surface area contributed by atoms with Crippen LogP contribution in [-0.4, -0.2) is 39.8 Å². The molecule has 0 atom stereocenters. The smallest absolute Gasteiger partial charge is 0.180 e. The van der Waals surface area contributed by atoms with Gasteiger partial charge in [-0.2, -0.15) is 5.10 Å². The van der Waals surface area contributed by atoms with Gasteiger partial charge in [-0.05, 0) is 32.9 Å². The minimum absolute atomic E-state index is 0.416. The van der Waals surface area contributed by atoms with E-state index in [9.17, 15) is 0 Å². The van der Waals surface area contributed by atoms with Crippen LogP contribution in [0.3, 0.4) is 0 Å². The van der Waals surface area contributed by atoms with Gasteiger partial charge in [0.05, 0.1) is 11.4 Å². The van der Waals surface area contributed by atoms with Crippen LogP contribution < -0.4 is 10.6 Å². The summed E-state index contributed by atoms with van der Waals surface area (Å²) in [7, 11) is 0. The van der Waals surface area contributed by atoms with E-state index >= 15 is 0 Å². The molecule has 1 heterocycles. The summed E-state index contributed by atoms with van der Waals surface area (Å²) in [5.74, 6) is 0. The molecule has 0 aliphatic rings. The Hall–Kier alpha value is -1.87. The van der Waals surface area contributed by atoms with Gasteiger partial charge in [0, 0.05) is 19.3 Å². The summed E-state index contributed by atoms with van der Waals surface area (Å²) in [5.41, 5.74) is 1.72. The van der Waals surface area contributed by atoms with E-state index in [1.807, 2.05) is 32.0 Å². The molecule has 1 aromatic heterocycles. The maximum Gasteiger partial charge on any atom is 0.180 e. The van der Waals surface area contributed by atoms with Crippen LogP contribution >= 0.6 is 25.3 Å². The molecule has 0 aliphatic carbocycles. The number of nitrogens with zero attached hydrogens (tertiary/aromatic N) is 5. The van der Waals surface area contributed by atoms with E-state index < -0.39 is 0 Å². The molecular weight excluding hydrogens is 330 g/mol. The van der Waals surface area contributed by atoms with Gasteiger partial charge in [0.1, 0.15) is 5.71 Å². The number of pyridine rings is 1. The molecule has 0 spiro atoms. The number of amidine groups is 2. The molecule has 0 aromatic carbocycles. The highest BCUT2D eigenvalue weighted by Gasteiger charge is 2.09. The molecule has 23 heavy (non-hydrogen) atoms. The van der Waals surface area contributed by atoms with Crippen molar-refractivity contribution in [3.8, 4) is 0 Å². The third kappa shape index (κ3) is 7.29. The summed E-state index contributed by atoms with van der Waals surface area (Å²) in [6.07, 6.45) is 1.68. The van der Waals surface area contributed by atoms with Crippen molar-refractivity contribution in [2.24, 2.45) is 20.4 Å². The molecule has 1 rings (SSSR count). The lowest BCUT2D eigenvalue weighted by Gasteiger charge is -2.04. The van der Waals surface area contributed by atoms with Gasteiger partial charge in [-0.3, -0.25) is 4.98 Å². The minimum atomic E-state index is 0.416. The van der Waals surface area contributed by atoms with Crippen LogP contribution in [0.2, 0.25) is 0 Å². The highest BCUT2D eigenvalue weighted by Crippen LogP contribution is 2.02. The Kier molecular flexibility index (Phi) is 9.00. The summed E-state index contributed by atoms with van der Waals surface area (Å²) in [6.45, 7) is 7.11. The molecule has 0 saturated heterocycles. The molecule has 0 radical (unpaired) electrons. The average molecular weight is 352 g/mol. The Morgan fingerprint density at radius 1 is 1.00 bits per heavy atom. The molecule has 0 unspecified atom stereocenters. The second kappa shape index (κ2) is 10.8. The fraction of sp³-hybridized carbons (Fsp3) is 0.357. The van der Waals surface area contributed by atoms with E-state index in [1.165, 1.54) is 0 Å². The Balaban J connectivity index is 3.14. The molecule has 0 bridgehead atoms. The zero-order valence-electron chi connectivity index (χ0n) is 13.4. The SMILES string of the molecule is CCN/C(S)=N/N=C(C)/C(=N/N=C(\S)NCC)c1ccccn1. The second-order valence-electron chi connectivity index (χ2n) is 4.26. The molecule has 9 heteroatoms. The predicted molar refractivity (Wildman–Crippen MR) is 104 cm³/mol. The Morgan fingerprint density at radius 3 is 2.13 bits per heavy atom. The molecule has 7 nitrogen and oxygen atoms in total. The third-order valence-electron chi connectivity index (χ3n) is 2.46. The number of nitrogens with one attached hydrogen (secondary N) is 2. The van der Waals surface area contributed by atoms with Crippen molar-refractivity contribution in [3.05, 3.63) is 30.1 Å². The lowest BCUT2D eigenvalue weighted by Crippen LogP contribution is -2.19. The van der Waals surface area contributed by atoms with Gasteiger partial charge < -0.3 is 10.6 Å². The monoisotopic (exact) mass is 351 g/mol. The first kappa shape index (κ1) is 19.2. The van der Waals surface area contributed by atoms with Crippen LogP contribution in [0.4, 0.5) is 0 Å². The summed E-state index contributed by atoms with van der Waals surface area (Å²) in [5, 5.41) is 23.1. The van der Waals surface area contributed by atoms with Crippen molar-refractivity contribution < 1.29 is 0 Å². The zero-order chi connectivity index (χ0) is 17.1. The maximum absolute atomic E-state index is 4.28. The fourth-order valence-corrected chi connectivity index (χ4v) is 1.87. The average Bonchev–Trinajstić information content (AvgIpc) is 2.54. The lowest BCUT2D eigenvalue weighted by atomic mass is 10.2. The normalized spacial score (nSPS) is 14.0. The maximum atomic E-state index is 4.28. The first-order valence-electron chi connectivity index (χ1n) is 7.13. The first-order chi connectivity index (χ1) is 11.1. The quantitative estimate of drug-likeness (QED) is 0.273. The van der Waals surface area contributed by atoms with Gasteiger partial charge in [-0.25, -0.2) is 0 Å². The van der Waals surface area contributed by atoms with E-state index in [4.69, 9.17) is 0 Å². The van der Waals surface area contributed by atoms with Crippen molar-refractivity contribution in [2.75, 3.05) is 13.1 Å². The van der Waals surface area contributed by atoms with Gasteiger partial charge >= 0.3 is 0 Å². The Labute approximate surface area is 147 Å². The van der Waals surface area contributed by atoms with E-state index in [0.29, 0.717) is 40.5 Å². The van der Waals surface area contributed by atoms with Crippen LogP contribution in [-0.2, 0) is 0 Å². The standard InChI is InChI=1S/C14H21N7S2/c1-4-15-13(22)20-18-10(3)12(11-8-6-7-9-17-11)19-21-14(23)16-5-2/h6-9H,4-5H2,1-3H3,(H2,15,20,22)(H2,16,21,23)/b18-10+,19-12-. The molecule has 1 aromatic rings. The number of thiol groups is 2. The van der Waals surface area contributed by atoms with Crippen molar-refractivity contribution in [3.63, 3.8) is 0 Å². The number of hydrogen-bond donors (Lipinski definition) is 4. The summed E-state index contributed by atoms with van der Waals surface area (Å²) in [6, 6.07) is 5.52. The van der Waals surface area contributed by atoms with Gasteiger partial charge in [0.25, 0.3) is 0 Å². The van der Waals surface area contributed by atoms with Gasteiger partial charge in [0.15, 0.2) is 10.3 Å². The molecule has 0 amide bonds. The van der Waals surface area contributed by atoms with Crippen molar-refractivity contribution in [1.29, 1.82) is 0 Å². The van der Waals surface area contributed by atoms with Crippen molar-refractivity contribution in [2.45, 2.75) is 20.8 Å². The number of hydrogen-bond acceptors (Lipinski definition) is 5. The third-order valence-corrected chi connectivity index (χ3v) is 2.95. The molecular formula is C14H21N7S2. The summed E-state index contributed by atoms with van der Waals surface area (Å²) < 4.78 is 0. The fourth-order valence-electron chi connectivity index (χ4n) is 1.47. The lowest BCUT2D eigenvalue weighted by molar-refractivity contribution is 0.970. The topological polar surface area (TPSA) is 86.4 Å². The summed E-state index contributed by atoms with van der Waals surface area (Å²) in [4.78, 5) is 4.28. The van der Waals surface area contributed by atoms with Crippen LogP contribution in [0.25, 0.3) is 0 Å². The van der Waals surface area contributed by atoms with Crippen molar-refractivity contribution in [1.82, 2.24) is 15.6 Å². The van der Waals surface area contributed by atoms with Gasteiger partial charge in [-0.1, -0.05) is 6.07 Å². The molecule has 0 aliphatic heterocycles. The zero-order valence-corrected chi connectivity index (χ0v) is 15.1. The highest BCUT2D eigenvalue weighted by atomic mass is 32.1. The first-order valence-corrected chi connectivity index (χ1v) is 8.03. The van der Waals surface area contributed by atoms with Crippen molar-refractivity contribution >= 4 is 47.0 Å². The largest absolute Gasteiger partial charge is 0.364 e. The van der Waals surface area contributed by atoms with Crippen LogP contribution in [0.15, 0.2) is 44.8 Å². The summed E-state index contributed by atoms with van der Waals surface area (Å²) >= 11 is 8.38. The number of aromatic nitrogens is 1. The molecule has 0 saturated carbocycles. The Bertz CT molecular complexity index is 609. The van der Waals surface area contributed by atoms with E-state index in [-0.39, 0.29) is 0 Å². The highest BCUT2D eigenvalue weighted by molar-refractivity contribution is 7.97. The van der Waals surface area contributed by atoms with Crippen LogP contribution in [0.5, 0.6) is 0 Å². The molecule has 124 valence electrons. The van der Waals surface area contributed by atoms with Crippen LogP contribution in [0, 0.1) is 0 Å². The van der Waals surface area contributed by atoms with E-state index in [1.54, 1.807) is 13.1 Å². The van der Waals surface area contributed by atoms with E-state index in [2.05, 4.69) is 61.3 Å². The predicted octanol–water partition coefficient (Wildman–Crippen LogP) is 1.95. The molecule has 2 N–H and O–H groups in total.